The highest BCUT2D eigenvalue weighted by Gasteiger charge is 2.29. The normalized spacial score (nSPS) is 18.5. The van der Waals surface area contributed by atoms with Gasteiger partial charge in [-0.1, -0.05) is 38.3 Å². The molecule has 1 aliphatic carbocycles. The Morgan fingerprint density at radius 2 is 1.86 bits per heavy atom. The van der Waals surface area contributed by atoms with Gasteiger partial charge in [-0.25, -0.2) is 4.79 Å². The fraction of sp³-hybridized carbons (Fsp3) is 0.588. The number of hydrogen-bond donors (Lipinski definition) is 4. The van der Waals surface area contributed by atoms with Gasteiger partial charge in [0.1, 0.15) is 5.75 Å². The molecule has 4 N–H and O–H groups in total. The summed E-state index contributed by atoms with van der Waals surface area (Å²) >= 11 is 0. The molecule has 0 saturated heterocycles. The topological polar surface area (TPSA) is 81.6 Å². The third-order valence-electron chi connectivity index (χ3n) is 4.37. The SMILES string of the molecule is CC[C@@H](NC(=O)NCC1(O)CCCCC1)c1ccc(O)cc1. The van der Waals surface area contributed by atoms with Gasteiger partial charge in [0.15, 0.2) is 0 Å². The Hall–Kier alpha value is -1.75. The number of hydrogen-bond acceptors (Lipinski definition) is 3. The second kappa shape index (κ2) is 7.49. The first-order chi connectivity index (χ1) is 10.5. The molecular weight excluding hydrogens is 280 g/mol. The van der Waals surface area contributed by atoms with Crippen molar-refractivity contribution >= 4 is 6.03 Å². The molecule has 0 aliphatic heterocycles. The Bertz CT molecular complexity index is 481. The summed E-state index contributed by atoms with van der Waals surface area (Å²) in [4.78, 5) is 12.1. The highest BCUT2D eigenvalue weighted by molar-refractivity contribution is 5.74. The zero-order chi connectivity index (χ0) is 16.0. The van der Waals surface area contributed by atoms with Gasteiger partial charge in [-0.05, 0) is 37.0 Å². The molecule has 0 heterocycles. The maximum atomic E-state index is 12.1. The van der Waals surface area contributed by atoms with Crippen LogP contribution in [0.3, 0.4) is 0 Å². The van der Waals surface area contributed by atoms with Gasteiger partial charge in [0.25, 0.3) is 0 Å². The molecule has 0 unspecified atom stereocenters. The third kappa shape index (κ3) is 4.63. The average molecular weight is 306 g/mol. The molecule has 122 valence electrons. The summed E-state index contributed by atoms with van der Waals surface area (Å²) in [7, 11) is 0. The van der Waals surface area contributed by atoms with Gasteiger partial charge in [0.2, 0.25) is 0 Å². The third-order valence-corrected chi connectivity index (χ3v) is 4.37. The molecule has 5 heteroatoms. The first kappa shape index (κ1) is 16.6. The zero-order valence-electron chi connectivity index (χ0n) is 13.1. The summed E-state index contributed by atoms with van der Waals surface area (Å²) in [5, 5.41) is 25.4. The Kier molecular flexibility index (Phi) is 5.66. The Labute approximate surface area is 131 Å². The van der Waals surface area contributed by atoms with E-state index in [1.165, 1.54) is 0 Å². The largest absolute Gasteiger partial charge is 0.508 e. The molecule has 1 aromatic rings. The van der Waals surface area contributed by atoms with E-state index in [1.807, 2.05) is 6.92 Å². The molecule has 2 rings (SSSR count). The van der Waals surface area contributed by atoms with E-state index in [0.29, 0.717) is 6.54 Å². The Morgan fingerprint density at radius 1 is 1.23 bits per heavy atom. The summed E-state index contributed by atoms with van der Waals surface area (Å²) in [6, 6.07) is 6.46. The van der Waals surface area contributed by atoms with Crippen LogP contribution in [0, 0.1) is 0 Å². The van der Waals surface area contributed by atoms with E-state index in [4.69, 9.17) is 0 Å². The van der Waals surface area contributed by atoms with Crippen LogP contribution in [-0.2, 0) is 0 Å². The number of phenolic OH excluding ortho intramolecular Hbond substituents is 1. The smallest absolute Gasteiger partial charge is 0.315 e. The van der Waals surface area contributed by atoms with Crippen molar-refractivity contribution in [3.63, 3.8) is 0 Å². The van der Waals surface area contributed by atoms with Crippen LogP contribution < -0.4 is 10.6 Å². The summed E-state index contributed by atoms with van der Waals surface area (Å²) in [6.07, 6.45) is 5.45. The fourth-order valence-electron chi connectivity index (χ4n) is 2.97. The van der Waals surface area contributed by atoms with E-state index in [-0.39, 0.29) is 17.8 Å². The minimum atomic E-state index is -0.754. The maximum Gasteiger partial charge on any atom is 0.315 e. The van der Waals surface area contributed by atoms with Crippen molar-refractivity contribution in [3.8, 4) is 5.75 Å². The second-order valence-corrected chi connectivity index (χ2v) is 6.16. The molecule has 0 radical (unpaired) electrons. The van der Waals surface area contributed by atoms with Crippen LogP contribution in [0.1, 0.15) is 57.1 Å². The van der Waals surface area contributed by atoms with Crippen molar-refractivity contribution in [1.29, 1.82) is 0 Å². The molecule has 1 fully saturated rings. The van der Waals surface area contributed by atoms with Crippen molar-refractivity contribution in [2.24, 2.45) is 0 Å². The number of amides is 2. The molecule has 0 spiro atoms. The molecular formula is C17H26N2O3. The lowest BCUT2D eigenvalue weighted by atomic mass is 9.85. The molecule has 2 amide bonds. The van der Waals surface area contributed by atoms with Crippen molar-refractivity contribution in [2.45, 2.75) is 57.1 Å². The van der Waals surface area contributed by atoms with Gasteiger partial charge >= 0.3 is 6.03 Å². The first-order valence-corrected chi connectivity index (χ1v) is 8.08. The summed E-state index contributed by atoms with van der Waals surface area (Å²) in [5.74, 6) is 0.211. The number of aromatic hydroxyl groups is 1. The number of carbonyl (C=O) groups is 1. The van der Waals surface area contributed by atoms with Gasteiger partial charge in [-0.15, -0.1) is 0 Å². The number of carbonyl (C=O) groups excluding carboxylic acids is 1. The molecule has 1 aromatic carbocycles. The quantitative estimate of drug-likeness (QED) is 0.675. The number of aliphatic hydroxyl groups is 1. The first-order valence-electron chi connectivity index (χ1n) is 8.08. The lowest BCUT2D eigenvalue weighted by Gasteiger charge is -2.32. The monoisotopic (exact) mass is 306 g/mol. The lowest BCUT2D eigenvalue weighted by molar-refractivity contribution is 0.00712. The van der Waals surface area contributed by atoms with E-state index >= 15 is 0 Å². The number of nitrogens with one attached hydrogen (secondary N) is 2. The van der Waals surface area contributed by atoms with Gasteiger partial charge in [-0.3, -0.25) is 0 Å². The van der Waals surface area contributed by atoms with Crippen LogP contribution in [0.4, 0.5) is 4.79 Å². The van der Waals surface area contributed by atoms with Crippen molar-refractivity contribution in [2.75, 3.05) is 6.54 Å². The van der Waals surface area contributed by atoms with E-state index in [2.05, 4.69) is 10.6 Å². The highest BCUT2D eigenvalue weighted by Crippen LogP contribution is 2.27. The lowest BCUT2D eigenvalue weighted by Crippen LogP contribution is -2.47. The minimum absolute atomic E-state index is 0.110. The number of urea groups is 1. The number of rotatable bonds is 5. The predicted molar refractivity (Wildman–Crippen MR) is 85.7 cm³/mol. The van der Waals surface area contributed by atoms with E-state index in [9.17, 15) is 15.0 Å². The van der Waals surface area contributed by atoms with Crippen LogP contribution in [-0.4, -0.2) is 28.4 Å². The Morgan fingerprint density at radius 3 is 2.45 bits per heavy atom. The van der Waals surface area contributed by atoms with Crippen LogP contribution in [0.2, 0.25) is 0 Å². The van der Waals surface area contributed by atoms with Crippen LogP contribution in [0.25, 0.3) is 0 Å². The molecule has 1 aliphatic rings. The Balaban J connectivity index is 1.85. The minimum Gasteiger partial charge on any atom is -0.508 e. The van der Waals surface area contributed by atoms with E-state index < -0.39 is 5.60 Å². The van der Waals surface area contributed by atoms with Crippen LogP contribution in [0.5, 0.6) is 5.75 Å². The number of phenols is 1. The zero-order valence-corrected chi connectivity index (χ0v) is 13.1. The molecule has 0 bridgehead atoms. The average Bonchev–Trinajstić information content (AvgIpc) is 2.52. The van der Waals surface area contributed by atoms with E-state index in [0.717, 1.165) is 44.1 Å². The van der Waals surface area contributed by atoms with Crippen molar-refractivity contribution in [1.82, 2.24) is 10.6 Å². The van der Waals surface area contributed by atoms with E-state index in [1.54, 1.807) is 24.3 Å². The summed E-state index contributed by atoms with van der Waals surface area (Å²) < 4.78 is 0. The summed E-state index contributed by atoms with van der Waals surface area (Å²) in [5.41, 5.74) is 0.197. The second-order valence-electron chi connectivity index (χ2n) is 6.16. The van der Waals surface area contributed by atoms with Gasteiger partial charge in [-0.2, -0.15) is 0 Å². The van der Waals surface area contributed by atoms with Gasteiger partial charge in [0.05, 0.1) is 11.6 Å². The molecule has 0 aromatic heterocycles. The highest BCUT2D eigenvalue weighted by atomic mass is 16.3. The molecule has 5 nitrogen and oxygen atoms in total. The van der Waals surface area contributed by atoms with Crippen molar-refractivity contribution in [3.05, 3.63) is 29.8 Å². The van der Waals surface area contributed by atoms with Gasteiger partial charge < -0.3 is 20.8 Å². The molecule has 22 heavy (non-hydrogen) atoms. The summed E-state index contributed by atoms with van der Waals surface area (Å²) in [6.45, 7) is 2.29. The van der Waals surface area contributed by atoms with Crippen molar-refractivity contribution < 1.29 is 15.0 Å². The van der Waals surface area contributed by atoms with Crippen LogP contribution >= 0.6 is 0 Å². The van der Waals surface area contributed by atoms with Crippen LogP contribution in [0.15, 0.2) is 24.3 Å². The molecule has 1 atom stereocenters. The fourth-order valence-corrected chi connectivity index (χ4v) is 2.97. The molecule has 1 saturated carbocycles. The maximum absolute atomic E-state index is 12.1. The number of benzene rings is 1. The predicted octanol–water partition coefficient (Wildman–Crippen LogP) is 2.84. The van der Waals surface area contributed by atoms with Gasteiger partial charge in [0, 0.05) is 6.54 Å². The standard InChI is InChI=1S/C17H26N2O3/c1-2-15(13-6-8-14(20)9-7-13)19-16(21)18-12-17(22)10-4-3-5-11-17/h6-9,15,20,22H,2-5,10-12H2,1H3,(H2,18,19,21)/t15-/m1/s1.